The molecule has 0 saturated heterocycles. The molecular weight excluding hydrogens is 195 g/mol. The van der Waals surface area contributed by atoms with Gasteiger partial charge in [0, 0.05) is 16.6 Å². The van der Waals surface area contributed by atoms with Crippen molar-refractivity contribution in [1.82, 2.24) is 0 Å². The Hall–Kier alpha value is -1.72. The molecule has 15 heavy (non-hydrogen) atoms. The average molecular weight is 202 g/mol. The molecular formula is C10H7BO4. The molecule has 1 aliphatic rings. The molecule has 0 saturated carbocycles. The first-order valence-electron chi connectivity index (χ1n) is 4.37. The Morgan fingerprint density at radius 3 is 2.20 bits per heavy atom. The van der Waals surface area contributed by atoms with Gasteiger partial charge in [-0.2, -0.15) is 0 Å². The van der Waals surface area contributed by atoms with Gasteiger partial charge in [-0.15, -0.1) is 0 Å². The Morgan fingerprint density at radius 2 is 1.60 bits per heavy atom. The van der Waals surface area contributed by atoms with E-state index >= 15 is 0 Å². The van der Waals surface area contributed by atoms with Crippen molar-refractivity contribution in [3.05, 3.63) is 46.9 Å². The number of ketones is 2. The molecule has 5 heteroatoms. The molecule has 0 spiro atoms. The van der Waals surface area contributed by atoms with Crippen LogP contribution in [0.3, 0.4) is 0 Å². The fourth-order valence-corrected chi connectivity index (χ4v) is 1.53. The topological polar surface area (TPSA) is 74.6 Å². The summed E-state index contributed by atoms with van der Waals surface area (Å²) in [6, 6.07) is 6.30. The van der Waals surface area contributed by atoms with Gasteiger partial charge in [-0.05, 0) is 6.08 Å². The lowest BCUT2D eigenvalue weighted by Crippen LogP contribution is -2.28. The van der Waals surface area contributed by atoms with E-state index in [1.807, 2.05) is 0 Å². The molecule has 4 nitrogen and oxygen atoms in total. The van der Waals surface area contributed by atoms with Crippen LogP contribution in [0.4, 0.5) is 0 Å². The highest BCUT2D eigenvalue weighted by molar-refractivity contribution is 6.62. The molecule has 0 amide bonds. The quantitative estimate of drug-likeness (QED) is 0.628. The van der Waals surface area contributed by atoms with Gasteiger partial charge < -0.3 is 10.0 Å². The van der Waals surface area contributed by atoms with Crippen LogP contribution in [0.2, 0.25) is 0 Å². The van der Waals surface area contributed by atoms with E-state index < -0.39 is 12.9 Å². The number of benzene rings is 1. The van der Waals surface area contributed by atoms with Gasteiger partial charge >= 0.3 is 7.12 Å². The zero-order valence-electron chi connectivity index (χ0n) is 7.68. The van der Waals surface area contributed by atoms with Gasteiger partial charge in [0.1, 0.15) is 0 Å². The first-order chi connectivity index (χ1) is 7.11. The molecule has 0 unspecified atom stereocenters. The zero-order valence-corrected chi connectivity index (χ0v) is 7.68. The fourth-order valence-electron chi connectivity index (χ4n) is 1.53. The maximum Gasteiger partial charge on any atom is 0.492 e. The second-order valence-electron chi connectivity index (χ2n) is 3.21. The highest BCUT2D eigenvalue weighted by Gasteiger charge is 2.31. The molecule has 0 fully saturated rings. The molecule has 74 valence electrons. The summed E-state index contributed by atoms with van der Waals surface area (Å²) in [5.41, 5.74) is 0.235. The summed E-state index contributed by atoms with van der Waals surface area (Å²) in [5, 5.41) is 17.8. The Kier molecular flexibility index (Phi) is 2.26. The van der Waals surface area contributed by atoms with Gasteiger partial charge in [-0.1, -0.05) is 24.3 Å². The van der Waals surface area contributed by atoms with Crippen LogP contribution in [0.1, 0.15) is 20.7 Å². The monoisotopic (exact) mass is 202 g/mol. The lowest BCUT2D eigenvalue weighted by Gasteiger charge is -2.13. The second kappa shape index (κ2) is 3.45. The van der Waals surface area contributed by atoms with Crippen LogP contribution in [0.5, 0.6) is 0 Å². The van der Waals surface area contributed by atoms with Crippen molar-refractivity contribution in [2.75, 3.05) is 0 Å². The van der Waals surface area contributed by atoms with Crippen LogP contribution in [0.25, 0.3) is 0 Å². The minimum Gasteiger partial charge on any atom is -0.423 e. The van der Waals surface area contributed by atoms with Crippen LogP contribution in [-0.4, -0.2) is 28.7 Å². The Labute approximate surface area is 86.0 Å². The maximum absolute atomic E-state index is 11.7. The summed E-state index contributed by atoms with van der Waals surface area (Å²) in [7, 11) is -1.91. The highest BCUT2D eigenvalue weighted by Crippen LogP contribution is 2.21. The van der Waals surface area contributed by atoms with Gasteiger partial charge in [0.05, 0.1) is 0 Å². The summed E-state index contributed by atoms with van der Waals surface area (Å²) >= 11 is 0. The molecule has 1 aromatic rings. The standard InChI is InChI=1S/C10H7BO4/c12-9-5-8(11(14)15)10(13)7-4-2-1-3-6(7)9/h1-5,14-15H. The second-order valence-corrected chi connectivity index (χ2v) is 3.21. The zero-order chi connectivity index (χ0) is 11.0. The van der Waals surface area contributed by atoms with Crippen LogP contribution in [0.15, 0.2) is 35.8 Å². The van der Waals surface area contributed by atoms with E-state index in [2.05, 4.69) is 0 Å². The number of carbonyl (C=O) groups is 2. The van der Waals surface area contributed by atoms with Crippen molar-refractivity contribution in [2.24, 2.45) is 0 Å². The van der Waals surface area contributed by atoms with Crippen LogP contribution >= 0.6 is 0 Å². The number of hydrogen-bond donors (Lipinski definition) is 2. The largest absolute Gasteiger partial charge is 0.492 e. The Balaban J connectivity index is 2.59. The molecule has 2 N–H and O–H groups in total. The van der Waals surface area contributed by atoms with Gasteiger partial charge in [0.25, 0.3) is 0 Å². The third-order valence-electron chi connectivity index (χ3n) is 2.26. The number of fused-ring (bicyclic) bond motifs is 1. The average Bonchev–Trinajstić information content (AvgIpc) is 2.23. The molecule has 0 bridgehead atoms. The van der Waals surface area contributed by atoms with Gasteiger partial charge in [0.15, 0.2) is 11.6 Å². The number of carbonyl (C=O) groups excluding carboxylic acids is 2. The number of hydrogen-bond acceptors (Lipinski definition) is 4. The van der Waals surface area contributed by atoms with Crippen molar-refractivity contribution >= 4 is 18.7 Å². The first-order valence-corrected chi connectivity index (χ1v) is 4.37. The van der Waals surface area contributed by atoms with Gasteiger partial charge in [-0.25, -0.2) is 0 Å². The lowest BCUT2D eigenvalue weighted by molar-refractivity contribution is 0.0986. The van der Waals surface area contributed by atoms with Crippen molar-refractivity contribution in [1.29, 1.82) is 0 Å². The van der Waals surface area contributed by atoms with E-state index in [0.717, 1.165) is 6.08 Å². The fraction of sp³-hybridized carbons (Fsp3) is 0. The molecule has 0 aliphatic heterocycles. The molecule has 0 radical (unpaired) electrons. The Bertz CT molecular complexity index is 476. The number of rotatable bonds is 1. The van der Waals surface area contributed by atoms with E-state index in [1.165, 1.54) is 12.1 Å². The third-order valence-corrected chi connectivity index (χ3v) is 2.26. The molecule has 1 aliphatic carbocycles. The van der Waals surface area contributed by atoms with E-state index in [0.29, 0.717) is 5.56 Å². The minimum absolute atomic E-state index is 0.216. The predicted molar refractivity (Wildman–Crippen MR) is 53.4 cm³/mol. The highest BCUT2D eigenvalue weighted by atomic mass is 16.4. The van der Waals surface area contributed by atoms with E-state index in [1.54, 1.807) is 12.1 Å². The summed E-state index contributed by atoms with van der Waals surface area (Å²) < 4.78 is 0. The molecule has 0 atom stereocenters. The van der Waals surface area contributed by atoms with Crippen LogP contribution in [0, 0.1) is 0 Å². The first kappa shape index (κ1) is 9.83. The maximum atomic E-state index is 11.7. The predicted octanol–water partition coefficient (Wildman–Crippen LogP) is 0.00400. The van der Waals surface area contributed by atoms with Gasteiger partial charge in [0.2, 0.25) is 0 Å². The van der Waals surface area contributed by atoms with Crippen LogP contribution in [-0.2, 0) is 0 Å². The van der Waals surface area contributed by atoms with E-state index in [9.17, 15) is 9.59 Å². The number of Topliss-reactive ketones (excluding diaryl/α,β-unsaturated/α-hetero) is 1. The summed E-state index contributed by atoms with van der Waals surface area (Å²) in [6.07, 6.45) is 0.968. The molecule has 2 rings (SSSR count). The van der Waals surface area contributed by atoms with Crippen molar-refractivity contribution in [3.8, 4) is 0 Å². The normalized spacial score (nSPS) is 14.7. The summed E-state index contributed by atoms with van der Waals surface area (Å²) in [4.78, 5) is 23.2. The van der Waals surface area contributed by atoms with Crippen LogP contribution < -0.4 is 0 Å². The lowest BCUT2D eigenvalue weighted by atomic mass is 9.71. The minimum atomic E-state index is -1.91. The van der Waals surface area contributed by atoms with Crippen molar-refractivity contribution in [2.45, 2.75) is 0 Å². The summed E-state index contributed by atoms with van der Waals surface area (Å²) in [5.74, 6) is -0.895. The SMILES string of the molecule is O=C1C=C(B(O)O)C(=O)c2ccccc21. The van der Waals surface area contributed by atoms with Crippen molar-refractivity contribution in [3.63, 3.8) is 0 Å². The molecule has 0 heterocycles. The smallest absolute Gasteiger partial charge is 0.423 e. The van der Waals surface area contributed by atoms with Gasteiger partial charge in [-0.3, -0.25) is 9.59 Å². The van der Waals surface area contributed by atoms with E-state index in [4.69, 9.17) is 10.0 Å². The Morgan fingerprint density at radius 1 is 1.00 bits per heavy atom. The number of allylic oxidation sites excluding steroid dienone is 2. The summed E-state index contributed by atoms with van der Waals surface area (Å²) in [6.45, 7) is 0. The third kappa shape index (κ3) is 1.52. The molecule has 1 aromatic carbocycles. The molecule has 0 aromatic heterocycles. The van der Waals surface area contributed by atoms with E-state index in [-0.39, 0.29) is 16.8 Å². The van der Waals surface area contributed by atoms with Crippen molar-refractivity contribution < 1.29 is 19.6 Å².